The highest BCUT2D eigenvalue weighted by atomic mass is 32.2. The van der Waals surface area contributed by atoms with Crippen molar-refractivity contribution in [2.45, 2.75) is 43.7 Å². The molecular weight excluding hydrogens is 380 g/mol. The van der Waals surface area contributed by atoms with E-state index in [-0.39, 0.29) is 12.0 Å². The number of aromatic nitrogens is 2. The first kappa shape index (κ1) is 18.3. The molecular formula is C20H20N2O3S2. The zero-order chi connectivity index (χ0) is 18.8. The van der Waals surface area contributed by atoms with Gasteiger partial charge >= 0.3 is 5.97 Å². The van der Waals surface area contributed by atoms with Gasteiger partial charge in [-0.15, -0.1) is 11.3 Å². The highest BCUT2D eigenvalue weighted by molar-refractivity contribution is 7.99. The summed E-state index contributed by atoms with van der Waals surface area (Å²) in [6.07, 6.45) is 5.41. The highest BCUT2D eigenvalue weighted by Crippen LogP contribution is 2.34. The summed E-state index contributed by atoms with van der Waals surface area (Å²) in [6.45, 7) is 0. The summed E-state index contributed by atoms with van der Waals surface area (Å²) in [5.74, 6) is -0.190. The summed E-state index contributed by atoms with van der Waals surface area (Å²) in [5, 5.41) is 11.9. The molecule has 27 heavy (non-hydrogen) atoms. The normalized spacial score (nSPS) is 13.6. The van der Waals surface area contributed by atoms with Gasteiger partial charge in [-0.2, -0.15) is 0 Å². The molecule has 0 radical (unpaired) electrons. The number of carboxylic acid groups (broad SMARTS) is 1. The van der Waals surface area contributed by atoms with E-state index in [9.17, 15) is 9.59 Å². The number of aromatic amines is 1. The Labute approximate surface area is 164 Å². The quantitative estimate of drug-likeness (QED) is 0.362. The minimum atomic E-state index is -0.805. The third-order valence-electron chi connectivity index (χ3n) is 4.86. The van der Waals surface area contributed by atoms with Gasteiger partial charge in [0.2, 0.25) is 0 Å². The number of hydrogen-bond donors (Lipinski definition) is 2. The third kappa shape index (κ3) is 3.94. The van der Waals surface area contributed by atoms with Gasteiger partial charge in [0, 0.05) is 23.1 Å². The van der Waals surface area contributed by atoms with Crippen LogP contribution in [0.25, 0.3) is 21.3 Å². The van der Waals surface area contributed by atoms with E-state index < -0.39 is 5.97 Å². The molecule has 0 saturated carbocycles. The lowest BCUT2D eigenvalue weighted by atomic mass is 9.89. The average molecular weight is 401 g/mol. The number of thiophene rings is 1. The molecule has 140 valence electrons. The van der Waals surface area contributed by atoms with Gasteiger partial charge in [-0.25, -0.2) is 4.98 Å². The van der Waals surface area contributed by atoms with Crippen molar-refractivity contribution in [3.63, 3.8) is 0 Å². The molecule has 0 aliphatic heterocycles. The summed E-state index contributed by atoms with van der Waals surface area (Å²) < 4.78 is 0. The van der Waals surface area contributed by atoms with Gasteiger partial charge in [-0.05, 0) is 48.8 Å². The SMILES string of the molecule is O=C(O)CCCSc1nc2scc(-c3ccc4c(c3)CCCC4)c2c(=O)[nH]1. The van der Waals surface area contributed by atoms with Crippen LogP contribution in [0.4, 0.5) is 0 Å². The Bertz CT molecular complexity index is 1060. The Morgan fingerprint density at radius 1 is 1.26 bits per heavy atom. The van der Waals surface area contributed by atoms with Crippen LogP contribution in [0, 0.1) is 0 Å². The molecule has 0 fully saturated rings. The molecule has 3 aromatic rings. The Morgan fingerprint density at radius 2 is 2.07 bits per heavy atom. The summed E-state index contributed by atoms with van der Waals surface area (Å²) in [6, 6.07) is 6.53. The fourth-order valence-corrected chi connectivity index (χ4v) is 5.31. The second kappa shape index (κ2) is 7.86. The summed E-state index contributed by atoms with van der Waals surface area (Å²) >= 11 is 2.87. The second-order valence-corrected chi connectivity index (χ2v) is 8.68. The molecule has 2 N–H and O–H groups in total. The number of H-pyrrole nitrogens is 1. The Hall–Kier alpha value is -2.12. The number of nitrogens with zero attached hydrogens (tertiary/aromatic N) is 1. The van der Waals surface area contributed by atoms with E-state index >= 15 is 0 Å². The van der Waals surface area contributed by atoms with Crippen LogP contribution in [-0.2, 0) is 17.6 Å². The van der Waals surface area contributed by atoms with E-state index in [1.54, 1.807) is 0 Å². The summed E-state index contributed by atoms with van der Waals surface area (Å²) in [4.78, 5) is 31.4. The zero-order valence-electron chi connectivity index (χ0n) is 14.8. The number of fused-ring (bicyclic) bond motifs is 2. The van der Waals surface area contributed by atoms with Crippen molar-refractivity contribution in [3.05, 3.63) is 45.1 Å². The van der Waals surface area contributed by atoms with E-state index in [0.29, 0.717) is 22.7 Å². The molecule has 0 saturated heterocycles. The van der Waals surface area contributed by atoms with Gasteiger partial charge in [0.25, 0.3) is 5.56 Å². The third-order valence-corrected chi connectivity index (χ3v) is 6.69. The molecule has 2 aromatic heterocycles. The fraction of sp³-hybridized carbons (Fsp3) is 0.350. The van der Waals surface area contributed by atoms with Crippen molar-refractivity contribution in [2.24, 2.45) is 0 Å². The molecule has 1 aliphatic rings. The minimum absolute atomic E-state index is 0.126. The largest absolute Gasteiger partial charge is 0.481 e. The van der Waals surface area contributed by atoms with E-state index in [4.69, 9.17) is 5.11 Å². The van der Waals surface area contributed by atoms with Crippen molar-refractivity contribution in [3.8, 4) is 11.1 Å². The minimum Gasteiger partial charge on any atom is -0.481 e. The number of carbonyl (C=O) groups is 1. The topological polar surface area (TPSA) is 83.0 Å². The van der Waals surface area contributed by atoms with Crippen molar-refractivity contribution in [1.82, 2.24) is 9.97 Å². The molecule has 0 amide bonds. The van der Waals surface area contributed by atoms with Crippen LogP contribution in [0.5, 0.6) is 0 Å². The van der Waals surface area contributed by atoms with E-state index in [2.05, 4.69) is 28.2 Å². The number of benzene rings is 1. The van der Waals surface area contributed by atoms with E-state index in [0.717, 1.165) is 28.8 Å². The number of thioether (sulfide) groups is 1. The number of aryl methyl sites for hydroxylation is 2. The van der Waals surface area contributed by atoms with Crippen LogP contribution in [0.1, 0.15) is 36.8 Å². The molecule has 7 heteroatoms. The Balaban J connectivity index is 1.62. The van der Waals surface area contributed by atoms with E-state index in [1.807, 2.05) is 5.38 Å². The van der Waals surface area contributed by atoms with Crippen molar-refractivity contribution < 1.29 is 9.90 Å². The maximum Gasteiger partial charge on any atom is 0.303 e. The molecule has 2 heterocycles. The molecule has 1 aromatic carbocycles. The summed E-state index contributed by atoms with van der Waals surface area (Å²) in [7, 11) is 0. The van der Waals surface area contributed by atoms with Crippen LogP contribution in [0.2, 0.25) is 0 Å². The van der Waals surface area contributed by atoms with Crippen LogP contribution in [0.3, 0.4) is 0 Å². The first-order valence-electron chi connectivity index (χ1n) is 9.10. The lowest BCUT2D eigenvalue weighted by molar-refractivity contribution is -0.137. The predicted octanol–water partition coefficient (Wildman–Crippen LogP) is 4.49. The lowest BCUT2D eigenvalue weighted by Gasteiger charge is -2.16. The first-order chi connectivity index (χ1) is 13.1. The zero-order valence-corrected chi connectivity index (χ0v) is 16.4. The number of hydrogen-bond acceptors (Lipinski definition) is 5. The number of nitrogens with one attached hydrogen (secondary N) is 1. The molecule has 4 rings (SSSR count). The van der Waals surface area contributed by atoms with Crippen molar-refractivity contribution in [2.75, 3.05) is 5.75 Å². The van der Waals surface area contributed by atoms with Gasteiger partial charge < -0.3 is 10.1 Å². The predicted molar refractivity (Wildman–Crippen MR) is 110 cm³/mol. The van der Waals surface area contributed by atoms with Crippen LogP contribution < -0.4 is 5.56 Å². The van der Waals surface area contributed by atoms with Gasteiger partial charge in [-0.3, -0.25) is 9.59 Å². The fourth-order valence-electron chi connectivity index (χ4n) is 3.50. The van der Waals surface area contributed by atoms with E-state index in [1.165, 1.54) is 47.1 Å². The van der Waals surface area contributed by atoms with Crippen LogP contribution in [-0.4, -0.2) is 26.8 Å². The second-order valence-electron chi connectivity index (χ2n) is 6.74. The average Bonchev–Trinajstić information content (AvgIpc) is 3.09. The monoisotopic (exact) mass is 400 g/mol. The van der Waals surface area contributed by atoms with Crippen LogP contribution >= 0.6 is 23.1 Å². The highest BCUT2D eigenvalue weighted by Gasteiger charge is 2.16. The van der Waals surface area contributed by atoms with Gasteiger partial charge in [0.15, 0.2) is 5.16 Å². The molecule has 0 atom stereocenters. The van der Waals surface area contributed by atoms with Gasteiger partial charge in [0.1, 0.15) is 4.83 Å². The smallest absolute Gasteiger partial charge is 0.303 e. The molecule has 0 spiro atoms. The van der Waals surface area contributed by atoms with Crippen LogP contribution in [0.15, 0.2) is 33.5 Å². The number of aliphatic carboxylic acids is 1. The Kier molecular flexibility index (Phi) is 5.31. The molecule has 0 bridgehead atoms. The number of rotatable bonds is 6. The van der Waals surface area contributed by atoms with Gasteiger partial charge in [-0.1, -0.05) is 30.0 Å². The van der Waals surface area contributed by atoms with Gasteiger partial charge in [0.05, 0.1) is 5.39 Å². The molecule has 0 unspecified atom stereocenters. The maximum absolute atomic E-state index is 12.7. The van der Waals surface area contributed by atoms with Crippen molar-refractivity contribution in [1.29, 1.82) is 0 Å². The molecule has 1 aliphatic carbocycles. The van der Waals surface area contributed by atoms with Crippen molar-refractivity contribution >= 4 is 39.3 Å². The number of carboxylic acids is 1. The standard InChI is InChI=1S/C20H20N2O3S2/c23-16(24)6-3-9-26-20-21-18(25)17-15(11-27-19(17)22-20)14-8-7-12-4-1-2-5-13(12)10-14/h7-8,10-11H,1-6,9H2,(H,23,24)(H,21,22,25). The summed E-state index contributed by atoms with van der Waals surface area (Å²) in [5.41, 5.74) is 4.72. The first-order valence-corrected chi connectivity index (χ1v) is 11.0. The molecule has 5 nitrogen and oxygen atoms in total. The lowest BCUT2D eigenvalue weighted by Crippen LogP contribution is -2.09. The maximum atomic E-state index is 12.7. The Morgan fingerprint density at radius 3 is 2.89 bits per heavy atom.